The van der Waals surface area contributed by atoms with Crippen molar-refractivity contribution in [2.75, 3.05) is 12.9 Å². The van der Waals surface area contributed by atoms with E-state index in [1.54, 1.807) is 0 Å². The first-order chi connectivity index (χ1) is 9.71. The van der Waals surface area contributed by atoms with Crippen molar-refractivity contribution in [3.8, 4) is 0 Å². The highest BCUT2D eigenvalue weighted by Crippen LogP contribution is 2.35. The van der Waals surface area contributed by atoms with Gasteiger partial charge in [0.25, 0.3) is 0 Å². The molecule has 0 unspecified atom stereocenters. The highest BCUT2D eigenvalue weighted by atomic mass is 32.2. The minimum absolute atomic E-state index is 0.0799. The average Bonchev–Trinajstić information content (AvgIpc) is 2.45. The molecule has 0 radical (unpaired) electrons. The summed E-state index contributed by atoms with van der Waals surface area (Å²) in [5.41, 5.74) is 0. The lowest BCUT2D eigenvalue weighted by atomic mass is 9.82. The SMILES string of the molecule is CC[C@@H](C)[C@@H](OC(=S)SC)[C@@H](C)[C@@H]1OC(C)(C)OC[C@H]1C. The third-order valence-electron chi connectivity index (χ3n) is 4.31. The second kappa shape index (κ2) is 8.14. The molecule has 5 atom stereocenters. The number of hydrogen-bond donors (Lipinski definition) is 0. The lowest BCUT2D eigenvalue weighted by Crippen LogP contribution is -2.51. The van der Waals surface area contributed by atoms with Gasteiger partial charge in [-0.1, -0.05) is 45.9 Å². The van der Waals surface area contributed by atoms with E-state index < -0.39 is 5.79 Å². The Balaban J connectivity index is 2.87. The van der Waals surface area contributed by atoms with Crippen molar-refractivity contribution in [3.05, 3.63) is 0 Å². The molecule has 1 aliphatic rings. The van der Waals surface area contributed by atoms with E-state index in [1.165, 1.54) is 11.8 Å². The molecule has 0 N–H and O–H groups in total. The molecule has 0 spiro atoms. The zero-order valence-electron chi connectivity index (χ0n) is 14.3. The van der Waals surface area contributed by atoms with Crippen molar-refractivity contribution in [1.82, 2.24) is 0 Å². The van der Waals surface area contributed by atoms with E-state index in [2.05, 4.69) is 27.7 Å². The summed E-state index contributed by atoms with van der Waals surface area (Å²) in [5, 5.41) is 0. The average molecular weight is 335 g/mol. The van der Waals surface area contributed by atoms with Gasteiger partial charge in [0, 0.05) is 11.8 Å². The lowest BCUT2D eigenvalue weighted by Gasteiger charge is -2.45. The van der Waals surface area contributed by atoms with E-state index in [9.17, 15) is 0 Å². The van der Waals surface area contributed by atoms with Gasteiger partial charge in [-0.3, -0.25) is 0 Å². The third-order valence-corrected chi connectivity index (χ3v) is 5.34. The molecule has 0 aromatic rings. The maximum Gasteiger partial charge on any atom is 0.219 e. The van der Waals surface area contributed by atoms with Crippen LogP contribution in [0.5, 0.6) is 0 Å². The Kier molecular flexibility index (Phi) is 7.44. The van der Waals surface area contributed by atoms with Gasteiger partial charge in [-0.05, 0) is 38.2 Å². The van der Waals surface area contributed by atoms with Gasteiger partial charge in [0.2, 0.25) is 4.38 Å². The van der Waals surface area contributed by atoms with Gasteiger partial charge < -0.3 is 14.2 Å². The highest BCUT2D eigenvalue weighted by molar-refractivity contribution is 8.22. The van der Waals surface area contributed by atoms with Crippen LogP contribution < -0.4 is 0 Å². The fourth-order valence-corrected chi connectivity index (χ4v) is 3.17. The molecule has 0 amide bonds. The summed E-state index contributed by atoms with van der Waals surface area (Å²) in [5.74, 6) is 0.534. The molecular weight excluding hydrogens is 304 g/mol. The first kappa shape index (κ1) is 19.2. The number of thioether (sulfide) groups is 1. The van der Waals surface area contributed by atoms with E-state index in [0.717, 1.165) is 13.0 Å². The number of rotatable bonds is 5. The molecule has 1 heterocycles. The van der Waals surface area contributed by atoms with Crippen LogP contribution in [0.25, 0.3) is 0 Å². The van der Waals surface area contributed by atoms with Crippen molar-refractivity contribution >= 4 is 28.4 Å². The minimum Gasteiger partial charge on any atom is -0.475 e. The monoisotopic (exact) mass is 334 g/mol. The van der Waals surface area contributed by atoms with Crippen molar-refractivity contribution in [1.29, 1.82) is 0 Å². The molecule has 0 aromatic carbocycles. The van der Waals surface area contributed by atoms with E-state index in [-0.39, 0.29) is 18.1 Å². The maximum atomic E-state index is 6.19. The van der Waals surface area contributed by atoms with Gasteiger partial charge in [-0.2, -0.15) is 0 Å². The second-order valence-corrected chi connectivity index (χ2v) is 7.96. The fourth-order valence-electron chi connectivity index (χ4n) is 2.85. The van der Waals surface area contributed by atoms with Gasteiger partial charge >= 0.3 is 0 Å². The molecule has 0 saturated carbocycles. The molecule has 1 saturated heterocycles. The highest BCUT2D eigenvalue weighted by Gasteiger charge is 2.41. The molecule has 124 valence electrons. The largest absolute Gasteiger partial charge is 0.475 e. The molecule has 0 bridgehead atoms. The van der Waals surface area contributed by atoms with E-state index >= 15 is 0 Å². The second-order valence-electron chi connectivity index (χ2n) is 6.55. The molecule has 1 fully saturated rings. The Morgan fingerprint density at radius 1 is 1.43 bits per heavy atom. The van der Waals surface area contributed by atoms with Crippen LogP contribution >= 0.6 is 24.0 Å². The summed E-state index contributed by atoms with van der Waals surface area (Å²) in [6, 6.07) is 0. The normalized spacial score (nSPS) is 29.5. The summed E-state index contributed by atoms with van der Waals surface area (Å²) >= 11 is 6.76. The molecule has 21 heavy (non-hydrogen) atoms. The van der Waals surface area contributed by atoms with Crippen molar-refractivity contribution in [2.24, 2.45) is 17.8 Å². The molecule has 0 aromatic heterocycles. The summed E-state index contributed by atoms with van der Waals surface area (Å²) in [6.45, 7) is 13.5. The first-order valence-electron chi connectivity index (χ1n) is 7.78. The zero-order chi connectivity index (χ0) is 16.2. The molecule has 1 aliphatic heterocycles. The van der Waals surface area contributed by atoms with Crippen molar-refractivity contribution in [3.63, 3.8) is 0 Å². The fraction of sp³-hybridized carbons (Fsp3) is 0.938. The molecule has 3 nitrogen and oxygen atoms in total. The van der Waals surface area contributed by atoms with E-state index in [0.29, 0.717) is 16.2 Å². The third kappa shape index (κ3) is 5.38. The number of hydrogen-bond acceptors (Lipinski definition) is 5. The topological polar surface area (TPSA) is 27.7 Å². The van der Waals surface area contributed by atoms with Crippen molar-refractivity contribution in [2.45, 2.75) is 66.0 Å². The molecule has 5 heteroatoms. The standard InChI is InChI=1S/C16H30O3S2/c1-8-10(2)13(18-15(20)21-7)12(4)14-11(3)9-17-16(5,6)19-14/h10-14H,8-9H2,1-7H3/t10-,11-,12-,13-,14-/m1/s1. The number of ether oxygens (including phenoxy) is 3. The predicted octanol–water partition coefficient (Wildman–Crippen LogP) is 4.49. The van der Waals surface area contributed by atoms with Crippen molar-refractivity contribution < 1.29 is 14.2 Å². The van der Waals surface area contributed by atoms with Gasteiger partial charge in [0.15, 0.2) is 5.79 Å². The van der Waals surface area contributed by atoms with Crippen LogP contribution in [0, 0.1) is 17.8 Å². The van der Waals surface area contributed by atoms with Crippen LogP contribution in [0.3, 0.4) is 0 Å². The maximum absolute atomic E-state index is 6.19. The summed E-state index contributed by atoms with van der Waals surface area (Å²) < 4.78 is 18.6. The first-order valence-corrected chi connectivity index (χ1v) is 9.41. The van der Waals surface area contributed by atoms with Crippen LogP contribution in [0.2, 0.25) is 0 Å². The van der Waals surface area contributed by atoms with Crippen LogP contribution in [0.1, 0.15) is 48.0 Å². The van der Waals surface area contributed by atoms with Crippen LogP contribution in [-0.4, -0.2) is 35.2 Å². The van der Waals surface area contributed by atoms with E-state index in [1.807, 2.05) is 20.1 Å². The Morgan fingerprint density at radius 2 is 2.05 bits per heavy atom. The Morgan fingerprint density at radius 3 is 2.57 bits per heavy atom. The molecular formula is C16H30O3S2. The summed E-state index contributed by atoms with van der Waals surface area (Å²) in [4.78, 5) is 0. The minimum atomic E-state index is -0.522. The molecule has 1 rings (SSSR count). The quantitative estimate of drug-likeness (QED) is 0.691. The predicted molar refractivity (Wildman–Crippen MR) is 93.7 cm³/mol. The smallest absolute Gasteiger partial charge is 0.219 e. The van der Waals surface area contributed by atoms with Gasteiger partial charge in [0.05, 0.1) is 12.7 Å². The number of thiocarbonyl (C=S) groups is 1. The molecule has 0 aliphatic carbocycles. The van der Waals surface area contributed by atoms with E-state index in [4.69, 9.17) is 26.4 Å². The van der Waals surface area contributed by atoms with Gasteiger partial charge in [-0.15, -0.1) is 0 Å². The summed E-state index contributed by atoms with van der Waals surface area (Å²) in [7, 11) is 0. The summed E-state index contributed by atoms with van der Waals surface area (Å²) in [6.07, 6.45) is 3.22. The Labute approximate surface area is 139 Å². The van der Waals surface area contributed by atoms with Gasteiger partial charge in [0.1, 0.15) is 6.10 Å². The van der Waals surface area contributed by atoms with Crippen LogP contribution in [0.15, 0.2) is 0 Å². The lowest BCUT2D eigenvalue weighted by molar-refractivity contribution is -0.304. The van der Waals surface area contributed by atoms with Gasteiger partial charge in [-0.25, -0.2) is 0 Å². The Bertz CT molecular complexity index is 346. The Hall–Kier alpha value is 0.160. The van der Waals surface area contributed by atoms with Crippen LogP contribution in [-0.2, 0) is 14.2 Å². The zero-order valence-corrected chi connectivity index (χ0v) is 16.0. The van der Waals surface area contributed by atoms with Crippen LogP contribution in [0.4, 0.5) is 0 Å².